The first kappa shape index (κ1) is 27.0. The van der Waals surface area contributed by atoms with Crippen LogP contribution in [0.3, 0.4) is 0 Å². The van der Waals surface area contributed by atoms with E-state index in [0.29, 0.717) is 25.2 Å². The summed E-state index contributed by atoms with van der Waals surface area (Å²) in [5, 5.41) is 14.7. The Kier molecular flexibility index (Phi) is 10.00. The van der Waals surface area contributed by atoms with Crippen LogP contribution >= 0.6 is 0 Å². The molecule has 1 aliphatic rings. The second kappa shape index (κ2) is 14.1. The van der Waals surface area contributed by atoms with Crippen LogP contribution in [-0.2, 0) is 14.3 Å². The predicted molar refractivity (Wildman–Crippen MR) is 146 cm³/mol. The van der Waals surface area contributed by atoms with E-state index in [4.69, 9.17) is 9.94 Å². The predicted octanol–water partition coefficient (Wildman–Crippen LogP) is 4.51. The summed E-state index contributed by atoms with van der Waals surface area (Å²) >= 11 is 0. The number of amides is 2. The van der Waals surface area contributed by atoms with E-state index < -0.39 is 0 Å². The van der Waals surface area contributed by atoms with Crippen molar-refractivity contribution in [2.45, 2.75) is 38.5 Å². The quantitative estimate of drug-likeness (QED) is 0.157. The van der Waals surface area contributed by atoms with Crippen LogP contribution in [0, 0.1) is 0 Å². The van der Waals surface area contributed by atoms with Crippen LogP contribution in [-0.4, -0.2) is 53.3 Å². The Morgan fingerprint density at radius 3 is 2.18 bits per heavy atom. The Balaban J connectivity index is 1.25. The molecule has 0 atom stereocenters. The number of hydrogen-bond acceptors (Lipinski definition) is 8. The number of benzene rings is 2. The van der Waals surface area contributed by atoms with Gasteiger partial charge in [0, 0.05) is 54.8 Å². The van der Waals surface area contributed by atoms with E-state index >= 15 is 0 Å². The van der Waals surface area contributed by atoms with Crippen molar-refractivity contribution in [3.05, 3.63) is 60.8 Å². The molecule has 0 radical (unpaired) electrons. The number of anilines is 4. The Hall–Kier alpha value is -4.02. The third-order valence-corrected chi connectivity index (χ3v) is 6.30. The molecule has 1 saturated heterocycles. The molecule has 0 saturated carbocycles. The lowest BCUT2D eigenvalue weighted by atomic mass is 10.1. The molecule has 2 heterocycles. The van der Waals surface area contributed by atoms with E-state index in [1.807, 2.05) is 42.5 Å². The van der Waals surface area contributed by atoms with Gasteiger partial charge in [-0.15, -0.1) is 0 Å². The monoisotopic (exact) mass is 518 g/mol. The Labute approximate surface area is 222 Å². The van der Waals surface area contributed by atoms with E-state index in [-0.39, 0.29) is 11.8 Å². The Morgan fingerprint density at radius 2 is 1.50 bits per heavy atom. The number of ether oxygens (including phenoxy) is 1. The minimum Gasteiger partial charge on any atom is -0.378 e. The van der Waals surface area contributed by atoms with Crippen LogP contribution in [0.1, 0.15) is 38.5 Å². The Morgan fingerprint density at radius 1 is 0.842 bits per heavy atom. The molecule has 0 bridgehead atoms. The third kappa shape index (κ3) is 8.25. The minimum absolute atomic E-state index is 0.0426. The molecule has 0 spiro atoms. The first-order valence-corrected chi connectivity index (χ1v) is 13.0. The molecule has 0 unspecified atom stereocenters. The number of rotatable bonds is 12. The summed E-state index contributed by atoms with van der Waals surface area (Å²) in [5.41, 5.74) is 6.13. The van der Waals surface area contributed by atoms with Crippen molar-refractivity contribution in [3.63, 3.8) is 0 Å². The van der Waals surface area contributed by atoms with Gasteiger partial charge in [-0.25, -0.2) is 15.4 Å². The van der Waals surface area contributed by atoms with Gasteiger partial charge in [-0.1, -0.05) is 25.0 Å². The fourth-order valence-corrected chi connectivity index (χ4v) is 4.21. The summed E-state index contributed by atoms with van der Waals surface area (Å²) in [6.07, 6.45) is 5.56. The van der Waals surface area contributed by atoms with Crippen molar-refractivity contribution in [2.75, 3.05) is 41.8 Å². The number of hydrogen-bond donors (Lipinski definition) is 4. The van der Waals surface area contributed by atoms with Crippen LogP contribution in [0.5, 0.6) is 0 Å². The van der Waals surface area contributed by atoms with Crippen molar-refractivity contribution in [3.8, 4) is 11.3 Å². The molecule has 1 aliphatic heterocycles. The van der Waals surface area contributed by atoms with Gasteiger partial charge in [0.2, 0.25) is 17.8 Å². The SMILES string of the molecule is O=C(CCCCCCC(=O)Nc1ccc(-c2ccnc(Nc3ccc(N4CCOCC4)cc3)n2)cc1)NO. The summed E-state index contributed by atoms with van der Waals surface area (Å²) in [7, 11) is 0. The molecule has 2 aromatic carbocycles. The van der Waals surface area contributed by atoms with Crippen LogP contribution in [0.4, 0.5) is 23.0 Å². The van der Waals surface area contributed by atoms with Crippen molar-refractivity contribution in [1.29, 1.82) is 0 Å². The summed E-state index contributed by atoms with van der Waals surface area (Å²) in [6.45, 7) is 3.31. The summed E-state index contributed by atoms with van der Waals surface area (Å²) in [4.78, 5) is 34.5. The normalized spacial score (nSPS) is 13.1. The lowest BCUT2D eigenvalue weighted by molar-refractivity contribution is -0.129. The number of aromatic nitrogens is 2. The molecule has 3 aromatic rings. The van der Waals surface area contributed by atoms with Crippen molar-refractivity contribution < 1.29 is 19.5 Å². The van der Waals surface area contributed by atoms with Crippen LogP contribution < -0.4 is 21.0 Å². The number of nitrogens with zero attached hydrogens (tertiary/aromatic N) is 3. The molecule has 10 nitrogen and oxygen atoms in total. The zero-order valence-electron chi connectivity index (χ0n) is 21.4. The second-order valence-electron chi connectivity index (χ2n) is 9.11. The average Bonchev–Trinajstić information content (AvgIpc) is 2.96. The van der Waals surface area contributed by atoms with Gasteiger partial charge in [0.05, 0.1) is 18.9 Å². The maximum atomic E-state index is 12.2. The van der Waals surface area contributed by atoms with Gasteiger partial charge in [0.25, 0.3) is 0 Å². The van der Waals surface area contributed by atoms with E-state index in [9.17, 15) is 9.59 Å². The van der Waals surface area contributed by atoms with Crippen LogP contribution in [0.15, 0.2) is 60.8 Å². The summed E-state index contributed by atoms with van der Waals surface area (Å²) in [5.74, 6) is 0.0880. The van der Waals surface area contributed by atoms with E-state index in [1.54, 1.807) is 11.7 Å². The molecule has 10 heteroatoms. The van der Waals surface area contributed by atoms with Gasteiger partial charge in [0.1, 0.15) is 0 Å². The second-order valence-corrected chi connectivity index (χ2v) is 9.11. The molecule has 38 heavy (non-hydrogen) atoms. The van der Waals surface area contributed by atoms with E-state index in [2.05, 4.69) is 37.6 Å². The lowest BCUT2D eigenvalue weighted by Crippen LogP contribution is -2.36. The third-order valence-electron chi connectivity index (χ3n) is 6.30. The number of morpholine rings is 1. The number of unbranched alkanes of at least 4 members (excludes halogenated alkanes) is 3. The van der Waals surface area contributed by atoms with Crippen LogP contribution in [0.2, 0.25) is 0 Å². The van der Waals surface area contributed by atoms with Crippen molar-refractivity contribution in [1.82, 2.24) is 15.4 Å². The highest BCUT2D eigenvalue weighted by molar-refractivity contribution is 5.90. The average molecular weight is 519 g/mol. The van der Waals surface area contributed by atoms with Gasteiger partial charge in [-0.3, -0.25) is 14.8 Å². The highest BCUT2D eigenvalue weighted by atomic mass is 16.5. The molecule has 4 N–H and O–H groups in total. The fourth-order valence-electron chi connectivity index (χ4n) is 4.21. The van der Waals surface area contributed by atoms with Gasteiger partial charge in [0.15, 0.2) is 0 Å². The number of carbonyl (C=O) groups excluding carboxylic acids is 2. The molecule has 4 rings (SSSR count). The Bertz CT molecular complexity index is 1180. The first-order valence-electron chi connectivity index (χ1n) is 13.0. The van der Waals surface area contributed by atoms with Crippen molar-refractivity contribution >= 4 is 34.8 Å². The van der Waals surface area contributed by atoms with Gasteiger partial charge < -0.3 is 20.3 Å². The van der Waals surface area contributed by atoms with Crippen LogP contribution in [0.25, 0.3) is 11.3 Å². The zero-order chi connectivity index (χ0) is 26.6. The maximum Gasteiger partial charge on any atom is 0.243 e. The molecule has 1 fully saturated rings. The fraction of sp³-hybridized carbons (Fsp3) is 0.357. The topological polar surface area (TPSA) is 129 Å². The largest absolute Gasteiger partial charge is 0.378 e. The summed E-state index contributed by atoms with van der Waals surface area (Å²) < 4.78 is 5.42. The molecule has 200 valence electrons. The standard InChI is InChI=1S/C28H34N6O4/c35-26(5-3-1-2-4-6-27(36)33-37)30-22-9-7-21(8-10-22)25-15-16-29-28(32-25)31-23-11-13-24(14-12-23)34-17-19-38-20-18-34/h7-16,37H,1-6,17-20H2,(H,30,35)(H,33,36)(H,29,31,32). The number of nitrogens with one attached hydrogen (secondary N) is 3. The first-order chi connectivity index (χ1) is 18.6. The maximum absolute atomic E-state index is 12.2. The van der Waals surface area contributed by atoms with Crippen molar-refractivity contribution in [2.24, 2.45) is 0 Å². The molecular weight excluding hydrogens is 484 g/mol. The van der Waals surface area contributed by atoms with E-state index in [1.165, 1.54) is 5.69 Å². The molecule has 2 amide bonds. The number of carbonyl (C=O) groups is 2. The molecule has 1 aromatic heterocycles. The van der Waals surface area contributed by atoms with Gasteiger partial charge in [-0.2, -0.15) is 0 Å². The number of hydroxylamine groups is 1. The van der Waals surface area contributed by atoms with E-state index in [0.717, 1.165) is 68.2 Å². The lowest BCUT2D eigenvalue weighted by Gasteiger charge is -2.28. The van der Waals surface area contributed by atoms with Gasteiger partial charge in [-0.05, 0) is 55.3 Å². The summed E-state index contributed by atoms with van der Waals surface area (Å²) in [6, 6.07) is 17.6. The zero-order valence-corrected chi connectivity index (χ0v) is 21.4. The molecular formula is C28H34N6O4. The smallest absolute Gasteiger partial charge is 0.243 e. The molecule has 0 aliphatic carbocycles. The minimum atomic E-state index is -0.380. The highest BCUT2D eigenvalue weighted by Crippen LogP contribution is 2.23. The van der Waals surface area contributed by atoms with Gasteiger partial charge >= 0.3 is 0 Å². The highest BCUT2D eigenvalue weighted by Gasteiger charge is 2.11.